The molecule has 0 aromatic carbocycles. The second-order valence-electron chi connectivity index (χ2n) is 6.30. The molecule has 8 heteroatoms. The maximum Gasteiger partial charge on any atom is 0.410 e. The zero-order valence-electron chi connectivity index (χ0n) is 14.7. The highest BCUT2D eigenvalue weighted by molar-refractivity contribution is 7.10. The Balaban J connectivity index is 2.20. The summed E-state index contributed by atoms with van der Waals surface area (Å²) < 4.78 is 5.09. The minimum atomic E-state index is -1.67. The summed E-state index contributed by atoms with van der Waals surface area (Å²) in [5.74, 6) is -0.976. The number of hydrogen-bond acceptors (Lipinski definition) is 7. The number of allylic oxidation sites excluding steroid dienone is 2. The van der Waals surface area contributed by atoms with E-state index in [-0.39, 0.29) is 31.0 Å². The molecule has 2 N–H and O–H groups in total. The molecule has 1 aliphatic carbocycles. The van der Waals surface area contributed by atoms with Crippen molar-refractivity contribution in [1.29, 1.82) is 15.8 Å². The van der Waals surface area contributed by atoms with Gasteiger partial charge in [-0.2, -0.15) is 15.8 Å². The summed E-state index contributed by atoms with van der Waals surface area (Å²) in [5.41, 5.74) is 5.38. The van der Waals surface area contributed by atoms with Crippen molar-refractivity contribution in [2.24, 2.45) is 17.1 Å². The van der Waals surface area contributed by atoms with Crippen LogP contribution >= 0.6 is 11.3 Å². The number of carbonyl (C=O) groups is 1. The highest BCUT2D eigenvalue weighted by Gasteiger charge is 2.55. The topological polar surface area (TPSA) is 127 Å². The van der Waals surface area contributed by atoms with Crippen LogP contribution in [0.3, 0.4) is 0 Å². The first-order chi connectivity index (χ1) is 13.0. The number of hydrogen-bond donors (Lipinski definition) is 1. The summed E-state index contributed by atoms with van der Waals surface area (Å²) in [4.78, 5) is 14.6. The van der Waals surface area contributed by atoms with Crippen molar-refractivity contribution in [2.75, 3.05) is 19.7 Å². The van der Waals surface area contributed by atoms with Gasteiger partial charge in [-0.3, -0.25) is 0 Å². The molecule has 3 rings (SSSR count). The molecule has 136 valence electrons. The third-order valence-corrected chi connectivity index (χ3v) is 6.00. The highest BCUT2D eigenvalue weighted by atomic mass is 32.1. The number of thiophene rings is 1. The van der Waals surface area contributed by atoms with Crippen LogP contribution in [0, 0.1) is 45.3 Å². The molecule has 0 unspecified atom stereocenters. The molecular weight excluding hydrogens is 362 g/mol. The van der Waals surface area contributed by atoms with Gasteiger partial charge >= 0.3 is 6.09 Å². The summed E-state index contributed by atoms with van der Waals surface area (Å²) in [5, 5.41) is 31.4. The van der Waals surface area contributed by atoms with E-state index in [2.05, 4.69) is 18.2 Å². The van der Waals surface area contributed by atoms with Crippen LogP contribution in [0.5, 0.6) is 0 Å². The van der Waals surface area contributed by atoms with E-state index in [1.54, 1.807) is 13.0 Å². The molecule has 1 aromatic heterocycles. The lowest BCUT2D eigenvalue weighted by Crippen LogP contribution is -2.49. The largest absolute Gasteiger partial charge is 0.450 e. The van der Waals surface area contributed by atoms with Crippen LogP contribution in [0.2, 0.25) is 0 Å². The summed E-state index contributed by atoms with van der Waals surface area (Å²) in [6.07, 6.45) is 1.31. The van der Waals surface area contributed by atoms with E-state index in [0.717, 1.165) is 4.88 Å². The van der Waals surface area contributed by atoms with Gasteiger partial charge in [0.15, 0.2) is 5.41 Å². The van der Waals surface area contributed by atoms with E-state index >= 15 is 0 Å². The Morgan fingerprint density at radius 3 is 2.74 bits per heavy atom. The Morgan fingerprint density at radius 2 is 2.19 bits per heavy atom. The van der Waals surface area contributed by atoms with Gasteiger partial charge in [0.25, 0.3) is 0 Å². The third kappa shape index (κ3) is 2.73. The fourth-order valence-corrected chi connectivity index (χ4v) is 4.78. The number of amides is 1. The number of nitrogens with two attached hydrogens (primary N) is 1. The van der Waals surface area contributed by atoms with Gasteiger partial charge in [0.2, 0.25) is 0 Å². The van der Waals surface area contributed by atoms with E-state index in [1.165, 1.54) is 16.2 Å². The van der Waals surface area contributed by atoms with Gasteiger partial charge in [-0.1, -0.05) is 12.1 Å². The molecule has 2 aliphatic rings. The van der Waals surface area contributed by atoms with Gasteiger partial charge in [0.05, 0.1) is 30.0 Å². The number of ether oxygens (including phenoxy) is 1. The van der Waals surface area contributed by atoms with Crippen molar-refractivity contribution in [1.82, 2.24) is 4.90 Å². The van der Waals surface area contributed by atoms with Gasteiger partial charge < -0.3 is 15.4 Å². The smallest absolute Gasteiger partial charge is 0.410 e. The Kier molecular flexibility index (Phi) is 4.90. The molecule has 0 saturated heterocycles. The van der Waals surface area contributed by atoms with Crippen molar-refractivity contribution in [3.05, 3.63) is 45.3 Å². The Hall–Kier alpha value is -3.28. The van der Waals surface area contributed by atoms with Gasteiger partial charge in [-0.05, 0) is 23.9 Å². The molecule has 27 heavy (non-hydrogen) atoms. The van der Waals surface area contributed by atoms with Crippen LogP contribution in [0.15, 0.2) is 40.4 Å². The summed E-state index contributed by atoms with van der Waals surface area (Å²) in [6.45, 7) is 2.51. The molecule has 1 aromatic rings. The third-order valence-electron chi connectivity index (χ3n) is 5.04. The first kappa shape index (κ1) is 18.5. The van der Waals surface area contributed by atoms with Crippen LogP contribution in [0.25, 0.3) is 0 Å². The summed E-state index contributed by atoms with van der Waals surface area (Å²) in [6, 6.07) is 9.90. The maximum absolute atomic E-state index is 12.2. The minimum absolute atomic E-state index is 0.0134. The molecule has 2 heterocycles. The predicted octanol–water partition coefficient (Wildman–Crippen LogP) is 2.63. The molecule has 0 bridgehead atoms. The number of carbonyl (C=O) groups excluding carboxylic acids is 1. The lowest BCUT2D eigenvalue weighted by molar-refractivity contribution is 0.100. The van der Waals surface area contributed by atoms with Crippen molar-refractivity contribution in [3.8, 4) is 18.2 Å². The second-order valence-corrected chi connectivity index (χ2v) is 7.27. The van der Waals surface area contributed by atoms with E-state index in [1.807, 2.05) is 17.5 Å². The molecule has 0 saturated carbocycles. The lowest BCUT2D eigenvalue weighted by atomic mass is 9.59. The summed E-state index contributed by atoms with van der Waals surface area (Å²) in [7, 11) is 0. The van der Waals surface area contributed by atoms with Crippen LogP contribution in [0.1, 0.15) is 17.7 Å². The highest BCUT2D eigenvalue weighted by Crippen LogP contribution is 2.54. The van der Waals surface area contributed by atoms with E-state index in [4.69, 9.17) is 10.5 Å². The maximum atomic E-state index is 12.2. The number of rotatable bonds is 2. The monoisotopic (exact) mass is 379 g/mol. The van der Waals surface area contributed by atoms with Crippen LogP contribution in [0.4, 0.5) is 4.79 Å². The average Bonchev–Trinajstić information content (AvgIpc) is 3.21. The van der Waals surface area contributed by atoms with Crippen molar-refractivity contribution in [3.63, 3.8) is 0 Å². The molecule has 0 spiro atoms. The first-order valence-electron chi connectivity index (χ1n) is 8.42. The van der Waals surface area contributed by atoms with Gasteiger partial charge in [-0.25, -0.2) is 4.79 Å². The molecule has 0 radical (unpaired) electrons. The Labute approximate surface area is 161 Å². The summed E-state index contributed by atoms with van der Waals surface area (Å²) >= 11 is 1.42. The second kappa shape index (κ2) is 7.15. The quantitative estimate of drug-likeness (QED) is 0.841. The SMILES string of the molecule is CCOC(=O)N1CC=C2C(C#N)=C(N)C(C#N)(C#N)[C@@H](c3cccs3)[C@H]2C1. The van der Waals surface area contributed by atoms with Crippen LogP contribution in [-0.4, -0.2) is 30.7 Å². The van der Waals surface area contributed by atoms with Crippen LogP contribution < -0.4 is 5.73 Å². The van der Waals surface area contributed by atoms with E-state index in [9.17, 15) is 20.6 Å². The van der Waals surface area contributed by atoms with Crippen molar-refractivity contribution >= 4 is 17.4 Å². The standard InChI is InChI=1S/C19H17N5O2S/c1-2-26-18(25)24-6-5-12-13(8-20)17(23)19(10-21,11-22)16(14(12)9-24)15-4-3-7-27-15/h3-5,7,14,16H,2,6,9,23H2,1H3/t14-,16+/m0/s1. The van der Waals surface area contributed by atoms with Gasteiger partial charge in [-0.15, -0.1) is 11.3 Å². The number of nitrogens with zero attached hydrogens (tertiary/aromatic N) is 4. The number of nitriles is 3. The Bertz CT molecular complexity index is 928. The minimum Gasteiger partial charge on any atom is -0.450 e. The van der Waals surface area contributed by atoms with Crippen molar-refractivity contribution < 1.29 is 9.53 Å². The molecular formula is C19H17N5O2S. The number of fused-ring (bicyclic) bond motifs is 1. The molecule has 7 nitrogen and oxygen atoms in total. The van der Waals surface area contributed by atoms with E-state index in [0.29, 0.717) is 5.57 Å². The normalized spacial score (nSPS) is 23.3. The van der Waals surface area contributed by atoms with E-state index < -0.39 is 23.3 Å². The zero-order valence-corrected chi connectivity index (χ0v) is 15.5. The Morgan fingerprint density at radius 1 is 1.44 bits per heavy atom. The first-order valence-corrected chi connectivity index (χ1v) is 9.30. The van der Waals surface area contributed by atoms with Crippen molar-refractivity contribution in [2.45, 2.75) is 12.8 Å². The zero-order chi connectivity index (χ0) is 19.6. The molecule has 1 amide bonds. The van der Waals surface area contributed by atoms with Crippen LogP contribution in [-0.2, 0) is 4.74 Å². The molecule has 2 atom stereocenters. The molecule has 1 aliphatic heterocycles. The fourth-order valence-electron chi connectivity index (χ4n) is 3.82. The average molecular weight is 379 g/mol. The molecule has 0 fully saturated rings. The fraction of sp³-hybridized carbons (Fsp3) is 0.368. The lowest BCUT2D eigenvalue weighted by Gasteiger charge is -2.44. The predicted molar refractivity (Wildman–Crippen MR) is 97.7 cm³/mol. The van der Waals surface area contributed by atoms with Gasteiger partial charge in [0.1, 0.15) is 6.07 Å². The van der Waals surface area contributed by atoms with Gasteiger partial charge in [0, 0.05) is 29.8 Å².